The maximum atomic E-state index is 6.40. The highest BCUT2D eigenvalue weighted by Gasteiger charge is 2.20. The van der Waals surface area contributed by atoms with Crippen molar-refractivity contribution in [2.45, 2.75) is 11.7 Å². The maximum absolute atomic E-state index is 6.40. The number of methoxy groups -OCH3 is 2. The minimum atomic E-state index is 0.483. The van der Waals surface area contributed by atoms with Gasteiger partial charge in [-0.25, -0.2) is 4.98 Å². The normalized spacial score (nSPS) is 11.0. The number of thioether (sulfide) groups is 1. The Hall–Kier alpha value is -2.75. The molecule has 0 bridgehead atoms. The number of ether oxygens (including phenoxy) is 2. The molecule has 160 valence electrons. The van der Waals surface area contributed by atoms with Crippen LogP contribution in [-0.2, 0) is 6.54 Å². The Morgan fingerprint density at radius 3 is 2.52 bits per heavy atom. The molecule has 2 heterocycles. The average Bonchev–Trinajstić information content (AvgIpc) is 3.44. The summed E-state index contributed by atoms with van der Waals surface area (Å²) in [6, 6.07) is 10.9. The minimum absolute atomic E-state index is 0.483. The average molecular weight is 477 g/mol. The molecule has 0 amide bonds. The van der Waals surface area contributed by atoms with Gasteiger partial charge in [0.1, 0.15) is 24.2 Å². The minimum Gasteiger partial charge on any atom is -0.496 e. The van der Waals surface area contributed by atoms with E-state index in [0.29, 0.717) is 39.1 Å². The Labute approximate surface area is 193 Å². The first-order valence-corrected chi connectivity index (χ1v) is 10.9. The molecule has 2 aromatic heterocycles. The van der Waals surface area contributed by atoms with Crippen LogP contribution in [0.5, 0.6) is 11.5 Å². The summed E-state index contributed by atoms with van der Waals surface area (Å²) >= 11 is 14.2. The second kappa shape index (κ2) is 9.59. The monoisotopic (exact) mass is 476 g/mol. The molecule has 8 nitrogen and oxygen atoms in total. The van der Waals surface area contributed by atoms with Crippen molar-refractivity contribution >= 4 is 35.0 Å². The van der Waals surface area contributed by atoms with Gasteiger partial charge < -0.3 is 9.47 Å². The van der Waals surface area contributed by atoms with Gasteiger partial charge >= 0.3 is 0 Å². The van der Waals surface area contributed by atoms with Crippen LogP contribution in [0.1, 0.15) is 0 Å². The quantitative estimate of drug-likeness (QED) is 0.342. The summed E-state index contributed by atoms with van der Waals surface area (Å²) in [6.07, 6.45) is 3.19. The fourth-order valence-electron chi connectivity index (χ4n) is 3.00. The van der Waals surface area contributed by atoms with Gasteiger partial charge in [0.05, 0.1) is 37.0 Å². The van der Waals surface area contributed by atoms with E-state index < -0.39 is 0 Å². The highest BCUT2D eigenvalue weighted by Crippen LogP contribution is 2.36. The SMILES string of the molecule is COc1ccc(-n2c(SCCn3cncn3)nnc2-c2cc(Cl)ccc2OC)cc1Cl. The summed E-state index contributed by atoms with van der Waals surface area (Å²) in [4.78, 5) is 3.97. The molecule has 0 saturated heterocycles. The van der Waals surface area contributed by atoms with Gasteiger partial charge in [-0.2, -0.15) is 5.10 Å². The van der Waals surface area contributed by atoms with Crippen LogP contribution in [0.4, 0.5) is 0 Å². The van der Waals surface area contributed by atoms with E-state index in [-0.39, 0.29) is 0 Å². The fraction of sp³-hybridized carbons (Fsp3) is 0.200. The van der Waals surface area contributed by atoms with Crippen LogP contribution in [0.3, 0.4) is 0 Å². The molecule has 0 saturated carbocycles. The molecule has 0 aliphatic carbocycles. The van der Waals surface area contributed by atoms with Crippen LogP contribution in [0.2, 0.25) is 10.0 Å². The number of hydrogen-bond acceptors (Lipinski definition) is 7. The molecule has 0 fully saturated rings. The molecular formula is C20H18Cl2N6O2S. The number of rotatable bonds is 8. The summed E-state index contributed by atoms with van der Waals surface area (Å²) in [5, 5.41) is 14.7. The number of hydrogen-bond donors (Lipinski definition) is 0. The van der Waals surface area contributed by atoms with E-state index in [1.165, 1.54) is 6.33 Å². The maximum Gasteiger partial charge on any atom is 0.196 e. The molecular weight excluding hydrogens is 459 g/mol. The van der Waals surface area contributed by atoms with Gasteiger partial charge in [0.25, 0.3) is 0 Å². The molecule has 0 atom stereocenters. The van der Waals surface area contributed by atoms with E-state index in [1.807, 2.05) is 16.7 Å². The van der Waals surface area contributed by atoms with Crippen molar-refractivity contribution < 1.29 is 9.47 Å². The summed E-state index contributed by atoms with van der Waals surface area (Å²) < 4.78 is 14.5. The second-order valence-electron chi connectivity index (χ2n) is 6.31. The second-order valence-corrected chi connectivity index (χ2v) is 8.22. The largest absolute Gasteiger partial charge is 0.496 e. The zero-order valence-electron chi connectivity index (χ0n) is 16.7. The topological polar surface area (TPSA) is 79.9 Å². The predicted octanol–water partition coefficient (Wildman–Crippen LogP) is 4.64. The van der Waals surface area contributed by atoms with Crippen LogP contribution in [0.15, 0.2) is 54.2 Å². The summed E-state index contributed by atoms with van der Waals surface area (Å²) in [5.74, 6) is 2.53. The molecule has 4 rings (SSSR count). The third-order valence-corrected chi connectivity index (χ3v) is 5.89. The number of benzene rings is 2. The Morgan fingerprint density at radius 1 is 1.00 bits per heavy atom. The lowest BCUT2D eigenvalue weighted by Crippen LogP contribution is -2.04. The predicted molar refractivity (Wildman–Crippen MR) is 121 cm³/mol. The summed E-state index contributed by atoms with van der Waals surface area (Å²) in [6.45, 7) is 0.677. The smallest absolute Gasteiger partial charge is 0.196 e. The lowest BCUT2D eigenvalue weighted by Gasteiger charge is -2.14. The lowest BCUT2D eigenvalue weighted by molar-refractivity contribution is 0.415. The Bertz CT molecular complexity index is 1180. The van der Waals surface area contributed by atoms with Crippen LogP contribution >= 0.6 is 35.0 Å². The van der Waals surface area contributed by atoms with Crippen molar-refractivity contribution in [1.82, 2.24) is 29.5 Å². The van der Waals surface area contributed by atoms with Gasteiger partial charge in [0.15, 0.2) is 11.0 Å². The van der Waals surface area contributed by atoms with Gasteiger partial charge in [0, 0.05) is 10.8 Å². The van der Waals surface area contributed by atoms with Crippen LogP contribution in [0, 0.1) is 0 Å². The van der Waals surface area contributed by atoms with E-state index in [0.717, 1.165) is 17.0 Å². The summed E-state index contributed by atoms with van der Waals surface area (Å²) in [7, 11) is 3.18. The Kier molecular flexibility index (Phi) is 6.64. The molecule has 0 unspecified atom stereocenters. The number of halogens is 2. The van der Waals surface area contributed by atoms with E-state index in [2.05, 4.69) is 20.3 Å². The molecule has 11 heteroatoms. The highest BCUT2D eigenvalue weighted by molar-refractivity contribution is 7.99. The Balaban J connectivity index is 1.77. The number of nitrogens with zero attached hydrogens (tertiary/aromatic N) is 6. The van der Waals surface area contributed by atoms with E-state index in [1.54, 1.807) is 61.3 Å². The first-order chi connectivity index (χ1) is 15.1. The third kappa shape index (κ3) is 4.63. The number of aryl methyl sites for hydroxylation is 1. The van der Waals surface area contributed by atoms with E-state index in [9.17, 15) is 0 Å². The standard InChI is InChI=1S/C20H18Cl2N6O2S/c1-29-17-5-3-13(21)9-15(17)19-25-26-20(31-8-7-27-12-23-11-24-27)28(19)14-4-6-18(30-2)16(22)10-14/h3-6,9-12H,7-8H2,1-2H3. The van der Waals surface area contributed by atoms with Gasteiger partial charge in [0.2, 0.25) is 0 Å². The third-order valence-electron chi connectivity index (χ3n) is 4.45. The molecule has 4 aromatic rings. The van der Waals surface area contributed by atoms with E-state index >= 15 is 0 Å². The Morgan fingerprint density at radius 2 is 1.81 bits per heavy atom. The molecule has 0 N–H and O–H groups in total. The molecule has 31 heavy (non-hydrogen) atoms. The summed E-state index contributed by atoms with van der Waals surface area (Å²) in [5.41, 5.74) is 1.51. The molecule has 0 radical (unpaired) electrons. The van der Waals surface area contributed by atoms with Crippen molar-refractivity contribution in [3.8, 4) is 28.6 Å². The first-order valence-electron chi connectivity index (χ1n) is 9.19. The highest BCUT2D eigenvalue weighted by atomic mass is 35.5. The van der Waals surface area contributed by atoms with Gasteiger partial charge in [-0.15, -0.1) is 10.2 Å². The van der Waals surface area contributed by atoms with Gasteiger partial charge in [-0.05, 0) is 36.4 Å². The van der Waals surface area contributed by atoms with Crippen molar-refractivity contribution in [2.75, 3.05) is 20.0 Å². The van der Waals surface area contributed by atoms with Crippen molar-refractivity contribution in [3.05, 3.63) is 59.1 Å². The molecule has 0 aliphatic heterocycles. The zero-order valence-corrected chi connectivity index (χ0v) is 19.0. The van der Waals surface area contributed by atoms with Crippen molar-refractivity contribution in [3.63, 3.8) is 0 Å². The fourth-order valence-corrected chi connectivity index (χ4v) is 4.30. The molecule has 2 aromatic carbocycles. The van der Waals surface area contributed by atoms with Crippen molar-refractivity contribution in [1.29, 1.82) is 0 Å². The zero-order chi connectivity index (χ0) is 21.8. The van der Waals surface area contributed by atoms with E-state index in [4.69, 9.17) is 32.7 Å². The molecule has 0 spiro atoms. The van der Waals surface area contributed by atoms with Crippen LogP contribution in [0.25, 0.3) is 17.1 Å². The van der Waals surface area contributed by atoms with Gasteiger partial charge in [-0.3, -0.25) is 9.25 Å². The first kappa shape index (κ1) is 21.5. The van der Waals surface area contributed by atoms with Gasteiger partial charge in [-0.1, -0.05) is 35.0 Å². The lowest BCUT2D eigenvalue weighted by atomic mass is 10.2. The van der Waals surface area contributed by atoms with Crippen LogP contribution in [-0.4, -0.2) is 49.5 Å². The van der Waals surface area contributed by atoms with Crippen LogP contribution < -0.4 is 9.47 Å². The van der Waals surface area contributed by atoms with Crippen molar-refractivity contribution in [2.24, 2.45) is 0 Å². The number of aromatic nitrogens is 6. The molecule has 0 aliphatic rings.